The lowest BCUT2D eigenvalue weighted by Gasteiger charge is -2.19. The van der Waals surface area contributed by atoms with Crippen molar-refractivity contribution in [2.24, 2.45) is 13.0 Å². The van der Waals surface area contributed by atoms with E-state index in [-0.39, 0.29) is 11.7 Å². The van der Waals surface area contributed by atoms with Gasteiger partial charge in [-0.25, -0.2) is 9.37 Å². The molecule has 0 saturated carbocycles. The molecule has 0 radical (unpaired) electrons. The van der Waals surface area contributed by atoms with E-state index in [1.807, 2.05) is 29.4 Å². The first-order valence-electron chi connectivity index (χ1n) is 10.3. The van der Waals surface area contributed by atoms with Gasteiger partial charge in [0, 0.05) is 38.1 Å². The summed E-state index contributed by atoms with van der Waals surface area (Å²) in [5.41, 5.74) is 3.85. The van der Waals surface area contributed by atoms with Crippen LogP contribution in [0.25, 0.3) is 0 Å². The minimum atomic E-state index is -0.515. The zero-order valence-electron chi connectivity index (χ0n) is 18.3. The molecule has 1 atom stereocenters. The van der Waals surface area contributed by atoms with Gasteiger partial charge in [0.1, 0.15) is 17.7 Å². The summed E-state index contributed by atoms with van der Waals surface area (Å²) < 4.78 is 17.7. The first-order chi connectivity index (χ1) is 14.3. The molecule has 0 bridgehead atoms. The summed E-state index contributed by atoms with van der Waals surface area (Å²) in [5.74, 6) is 0.711. The number of halogens is 1. The average molecular weight is 412 g/mol. The van der Waals surface area contributed by atoms with Crippen molar-refractivity contribution in [3.05, 3.63) is 70.8 Å². The average Bonchev–Trinajstić information content (AvgIpc) is 3.21. The summed E-state index contributed by atoms with van der Waals surface area (Å²) in [4.78, 5) is 17.2. The molecule has 160 valence electrons. The van der Waals surface area contributed by atoms with Crippen LogP contribution in [0.4, 0.5) is 4.39 Å². The van der Waals surface area contributed by atoms with Crippen LogP contribution in [0.15, 0.2) is 36.7 Å². The summed E-state index contributed by atoms with van der Waals surface area (Å²) >= 11 is 0. The number of nitrogens with zero attached hydrogens (tertiary/aromatic N) is 4. The lowest BCUT2D eigenvalue weighted by Crippen LogP contribution is -2.31. The van der Waals surface area contributed by atoms with Gasteiger partial charge in [0.2, 0.25) is 5.91 Å². The first-order valence-corrected chi connectivity index (χ1v) is 10.3. The Morgan fingerprint density at radius 1 is 1.27 bits per heavy atom. The summed E-state index contributed by atoms with van der Waals surface area (Å²) in [6, 6.07) is 5.75. The van der Waals surface area contributed by atoms with Gasteiger partial charge in [0.15, 0.2) is 0 Å². The van der Waals surface area contributed by atoms with Crippen molar-refractivity contribution in [1.82, 2.24) is 24.6 Å². The van der Waals surface area contributed by atoms with E-state index in [9.17, 15) is 9.18 Å². The topological polar surface area (TPSA) is 64.7 Å². The molecular weight excluding hydrogens is 381 g/mol. The molecule has 0 aliphatic heterocycles. The quantitative estimate of drug-likeness (QED) is 0.612. The Kier molecular flexibility index (Phi) is 6.70. The van der Waals surface area contributed by atoms with Crippen LogP contribution in [-0.2, 0) is 24.8 Å². The Labute approximate surface area is 177 Å². The fourth-order valence-corrected chi connectivity index (χ4v) is 3.73. The van der Waals surface area contributed by atoms with E-state index in [0.29, 0.717) is 30.1 Å². The number of imidazole rings is 1. The Morgan fingerprint density at radius 2 is 2.03 bits per heavy atom. The smallest absolute Gasteiger partial charge is 0.221 e. The Bertz CT molecular complexity index is 1020. The molecule has 0 spiro atoms. The Balaban J connectivity index is 1.75. The van der Waals surface area contributed by atoms with Crippen molar-refractivity contribution in [1.29, 1.82) is 0 Å². The van der Waals surface area contributed by atoms with Gasteiger partial charge in [-0.3, -0.25) is 9.48 Å². The molecule has 0 aliphatic carbocycles. The van der Waals surface area contributed by atoms with Crippen LogP contribution < -0.4 is 5.32 Å². The maximum absolute atomic E-state index is 13.8. The predicted octanol–water partition coefficient (Wildman–Crippen LogP) is 3.87. The number of benzene rings is 1. The third-order valence-electron chi connectivity index (χ3n) is 5.28. The summed E-state index contributed by atoms with van der Waals surface area (Å²) in [5, 5.41) is 7.66. The molecule has 2 heterocycles. The molecule has 1 N–H and O–H groups in total. The highest BCUT2D eigenvalue weighted by Gasteiger charge is 2.22. The van der Waals surface area contributed by atoms with Crippen molar-refractivity contribution in [2.45, 2.75) is 53.1 Å². The predicted molar refractivity (Wildman–Crippen MR) is 114 cm³/mol. The van der Waals surface area contributed by atoms with Crippen molar-refractivity contribution >= 4 is 5.91 Å². The largest absolute Gasteiger partial charge is 0.342 e. The number of carbonyl (C=O) groups is 1. The summed E-state index contributed by atoms with van der Waals surface area (Å²) in [7, 11) is 1.86. The number of hydrogen-bond acceptors (Lipinski definition) is 3. The first kappa shape index (κ1) is 21.7. The van der Waals surface area contributed by atoms with Crippen molar-refractivity contribution < 1.29 is 9.18 Å². The minimum absolute atomic E-state index is 0.109. The third kappa shape index (κ3) is 4.96. The molecule has 1 aromatic carbocycles. The molecule has 30 heavy (non-hydrogen) atoms. The number of aryl methyl sites for hydroxylation is 2. The van der Waals surface area contributed by atoms with E-state index < -0.39 is 6.04 Å². The zero-order chi connectivity index (χ0) is 21.8. The monoisotopic (exact) mass is 411 g/mol. The van der Waals surface area contributed by atoms with Crippen LogP contribution in [0.3, 0.4) is 0 Å². The number of amides is 1. The summed E-state index contributed by atoms with van der Waals surface area (Å²) in [6.45, 7) is 9.22. The van der Waals surface area contributed by atoms with Gasteiger partial charge in [0.05, 0.1) is 5.69 Å². The lowest BCUT2D eigenvalue weighted by atomic mass is 10.0. The van der Waals surface area contributed by atoms with Gasteiger partial charge in [-0.1, -0.05) is 26.0 Å². The van der Waals surface area contributed by atoms with Gasteiger partial charge in [-0.2, -0.15) is 5.10 Å². The number of nitrogens with one attached hydrogen (secondary N) is 1. The van der Waals surface area contributed by atoms with Crippen LogP contribution in [-0.4, -0.2) is 25.2 Å². The molecule has 7 heteroatoms. The van der Waals surface area contributed by atoms with E-state index in [2.05, 4.69) is 36.2 Å². The van der Waals surface area contributed by atoms with E-state index in [1.165, 1.54) is 12.1 Å². The number of aromatic nitrogens is 4. The molecule has 0 aliphatic rings. The molecule has 1 unspecified atom stereocenters. The van der Waals surface area contributed by atoms with Crippen molar-refractivity contribution in [3.8, 4) is 0 Å². The number of rotatable bonds is 8. The molecule has 0 saturated heterocycles. The molecule has 3 aromatic rings. The van der Waals surface area contributed by atoms with Crippen molar-refractivity contribution in [2.75, 3.05) is 0 Å². The minimum Gasteiger partial charge on any atom is -0.342 e. The second kappa shape index (κ2) is 9.24. The SMILES string of the molecule is Cc1nn(CC(C)C)c(C)c1CCC(=O)NC(c1cccc(F)c1)c1nccn1C. The van der Waals surface area contributed by atoms with Crippen LogP contribution in [0.2, 0.25) is 0 Å². The van der Waals surface area contributed by atoms with Crippen LogP contribution in [0, 0.1) is 25.6 Å². The van der Waals surface area contributed by atoms with Crippen LogP contribution in [0.1, 0.15) is 54.6 Å². The molecular formula is C23H30FN5O. The van der Waals surface area contributed by atoms with Gasteiger partial charge in [-0.05, 0) is 49.4 Å². The van der Waals surface area contributed by atoms with Gasteiger partial charge >= 0.3 is 0 Å². The van der Waals surface area contributed by atoms with E-state index in [1.54, 1.807) is 18.3 Å². The second-order valence-electron chi connectivity index (χ2n) is 8.18. The van der Waals surface area contributed by atoms with Gasteiger partial charge < -0.3 is 9.88 Å². The second-order valence-corrected chi connectivity index (χ2v) is 8.18. The van der Waals surface area contributed by atoms with E-state index >= 15 is 0 Å². The molecule has 3 rings (SSSR count). The van der Waals surface area contributed by atoms with Crippen LogP contribution >= 0.6 is 0 Å². The maximum Gasteiger partial charge on any atom is 0.221 e. The standard InChI is InChI=1S/C23H30FN5O/c1-15(2)14-29-17(4)20(16(3)27-29)9-10-21(30)26-22(23-25-11-12-28(23)5)18-7-6-8-19(24)13-18/h6-8,11-13,15,22H,9-10,14H2,1-5H3,(H,26,30). The number of hydrogen-bond donors (Lipinski definition) is 1. The highest BCUT2D eigenvalue weighted by Crippen LogP contribution is 2.22. The molecule has 1 amide bonds. The van der Waals surface area contributed by atoms with Gasteiger partial charge in [-0.15, -0.1) is 0 Å². The lowest BCUT2D eigenvalue weighted by molar-refractivity contribution is -0.121. The van der Waals surface area contributed by atoms with Crippen molar-refractivity contribution in [3.63, 3.8) is 0 Å². The fraction of sp³-hybridized carbons (Fsp3) is 0.435. The highest BCUT2D eigenvalue weighted by molar-refractivity contribution is 5.77. The molecule has 0 fully saturated rings. The van der Waals surface area contributed by atoms with E-state index in [4.69, 9.17) is 0 Å². The summed E-state index contributed by atoms with van der Waals surface area (Å²) in [6.07, 6.45) is 4.41. The molecule has 6 nitrogen and oxygen atoms in total. The zero-order valence-corrected chi connectivity index (χ0v) is 18.3. The normalized spacial score (nSPS) is 12.4. The Hall–Kier alpha value is -2.96. The Morgan fingerprint density at radius 3 is 2.67 bits per heavy atom. The van der Waals surface area contributed by atoms with E-state index in [0.717, 1.165) is 23.5 Å². The molecule has 2 aromatic heterocycles. The van der Waals surface area contributed by atoms with Gasteiger partial charge in [0.25, 0.3) is 0 Å². The maximum atomic E-state index is 13.8. The highest BCUT2D eigenvalue weighted by atomic mass is 19.1. The van der Waals surface area contributed by atoms with Crippen LogP contribution in [0.5, 0.6) is 0 Å². The fourth-order valence-electron chi connectivity index (χ4n) is 3.73. The third-order valence-corrected chi connectivity index (χ3v) is 5.28. The number of carbonyl (C=O) groups excluding carboxylic acids is 1.